The van der Waals surface area contributed by atoms with Gasteiger partial charge in [0.1, 0.15) is 0 Å². The standard InChI is InChI=1S/C21H22Cl2N4O/c22-16-2-1-3-17(23)19(16)14-8-9-18-15(10-14)20(27-26-18)25-21(28)13-6-4-12(11-24)5-7-13/h1-3,8-10,12-13H,4-7,11,24H2,(H2,25,26,27,28). The summed E-state index contributed by atoms with van der Waals surface area (Å²) in [4.78, 5) is 12.7. The summed E-state index contributed by atoms with van der Waals surface area (Å²) >= 11 is 12.7. The van der Waals surface area contributed by atoms with Crippen molar-refractivity contribution >= 4 is 45.8 Å². The Balaban J connectivity index is 1.59. The van der Waals surface area contributed by atoms with Crippen molar-refractivity contribution in [3.8, 4) is 11.1 Å². The largest absolute Gasteiger partial charge is 0.330 e. The highest BCUT2D eigenvalue weighted by Crippen LogP contribution is 2.37. The molecular formula is C21H22Cl2N4O. The first-order valence-electron chi connectivity index (χ1n) is 9.50. The Bertz CT molecular complexity index is 989. The average molecular weight is 417 g/mol. The first-order valence-corrected chi connectivity index (χ1v) is 10.3. The predicted octanol–water partition coefficient (Wildman–Crippen LogP) is 5.24. The summed E-state index contributed by atoms with van der Waals surface area (Å²) in [5, 5.41) is 12.3. The zero-order valence-electron chi connectivity index (χ0n) is 15.3. The maximum absolute atomic E-state index is 12.7. The molecule has 0 bridgehead atoms. The molecule has 0 aliphatic heterocycles. The number of aromatic nitrogens is 2. The van der Waals surface area contributed by atoms with Gasteiger partial charge < -0.3 is 11.1 Å². The second kappa shape index (κ2) is 8.11. The van der Waals surface area contributed by atoms with Crippen LogP contribution in [-0.4, -0.2) is 22.6 Å². The molecule has 28 heavy (non-hydrogen) atoms. The maximum Gasteiger partial charge on any atom is 0.228 e. The van der Waals surface area contributed by atoms with Crippen molar-refractivity contribution < 1.29 is 4.79 Å². The molecule has 0 saturated heterocycles. The molecule has 1 saturated carbocycles. The lowest BCUT2D eigenvalue weighted by Crippen LogP contribution is -2.29. The second-order valence-corrected chi connectivity index (χ2v) is 8.19. The van der Waals surface area contributed by atoms with Gasteiger partial charge in [-0.3, -0.25) is 9.89 Å². The van der Waals surface area contributed by atoms with Crippen LogP contribution in [0.25, 0.3) is 22.0 Å². The number of benzene rings is 2. The van der Waals surface area contributed by atoms with E-state index in [9.17, 15) is 4.79 Å². The number of halogens is 2. The fourth-order valence-corrected chi connectivity index (χ4v) is 4.53. The Morgan fingerprint density at radius 3 is 2.54 bits per heavy atom. The monoisotopic (exact) mass is 416 g/mol. The van der Waals surface area contributed by atoms with Crippen molar-refractivity contribution in [2.24, 2.45) is 17.6 Å². The van der Waals surface area contributed by atoms with Gasteiger partial charge >= 0.3 is 0 Å². The van der Waals surface area contributed by atoms with Crippen LogP contribution in [0.1, 0.15) is 25.7 Å². The molecule has 1 aliphatic rings. The lowest BCUT2D eigenvalue weighted by Gasteiger charge is -2.26. The minimum absolute atomic E-state index is 0.00995. The summed E-state index contributed by atoms with van der Waals surface area (Å²) in [6, 6.07) is 11.2. The van der Waals surface area contributed by atoms with Gasteiger partial charge in [0, 0.05) is 26.9 Å². The Morgan fingerprint density at radius 1 is 1.14 bits per heavy atom. The van der Waals surface area contributed by atoms with E-state index < -0.39 is 0 Å². The molecule has 1 fully saturated rings. The van der Waals surface area contributed by atoms with Gasteiger partial charge in [0.05, 0.1) is 5.52 Å². The Labute approximate surface area is 173 Å². The van der Waals surface area contributed by atoms with E-state index in [4.69, 9.17) is 28.9 Å². The highest BCUT2D eigenvalue weighted by molar-refractivity contribution is 6.39. The lowest BCUT2D eigenvalue weighted by molar-refractivity contribution is -0.121. The number of nitrogens with one attached hydrogen (secondary N) is 2. The van der Waals surface area contributed by atoms with Crippen molar-refractivity contribution in [1.82, 2.24) is 10.2 Å². The maximum atomic E-state index is 12.7. The molecule has 2 aromatic carbocycles. The van der Waals surface area contributed by atoms with Crippen LogP contribution in [0.15, 0.2) is 36.4 Å². The fourth-order valence-electron chi connectivity index (χ4n) is 3.92. The third kappa shape index (κ3) is 3.75. The zero-order chi connectivity index (χ0) is 19.7. The SMILES string of the molecule is NCC1CCC(C(=O)Nc2n[nH]c3ccc(-c4c(Cl)cccc4Cl)cc23)CC1. The van der Waals surface area contributed by atoms with E-state index in [0.717, 1.165) is 47.7 Å². The number of rotatable bonds is 4. The summed E-state index contributed by atoms with van der Waals surface area (Å²) < 4.78 is 0. The Kier molecular flexibility index (Phi) is 5.58. The molecule has 7 heteroatoms. The first kappa shape index (κ1) is 19.2. The number of anilines is 1. The fraction of sp³-hybridized carbons (Fsp3) is 0.333. The Hall–Kier alpha value is -2.08. The average Bonchev–Trinajstić information content (AvgIpc) is 3.10. The number of hydrogen-bond donors (Lipinski definition) is 3. The van der Waals surface area contributed by atoms with E-state index in [1.807, 2.05) is 36.4 Å². The third-order valence-corrected chi connectivity index (χ3v) is 6.24. The van der Waals surface area contributed by atoms with Crippen molar-refractivity contribution in [3.63, 3.8) is 0 Å². The lowest BCUT2D eigenvalue weighted by atomic mass is 9.81. The van der Waals surface area contributed by atoms with Crippen LogP contribution in [0, 0.1) is 11.8 Å². The normalized spacial score (nSPS) is 19.7. The second-order valence-electron chi connectivity index (χ2n) is 7.37. The number of H-pyrrole nitrogens is 1. The van der Waals surface area contributed by atoms with Gasteiger partial charge in [-0.1, -0.05) is 35.3 Å². The third-order valence-electron chi connectivity index (χ3n) is 5.61. The topological polar surface area (TPSA) is 83.8 Å². The van der Waals surface area contributed by atoms with Crippen molar-refractivity contribution in [2.75, 3.05) is 11.9 Å². The van der Waals surface area contributed by atoms with Gasteiger partial charge in [0.2, 0.25) is 5.91 Å². The Morgan fingerprint density at radius 2 is 1.86 bits per heavy atom. The molecule has 0 unspecified atom stereocenters. The number of aromatic amines is 1. The van der Waals surface area contributed by atoms with Crippen LogP contribution in [0.4, 0.5) is 5.82 Å². The molecule has 0 atom stereocenters. The van der Waals surface area contributed by atoms with Crippen LogP contribution in [0.5, 0.6) is 0 Å². The summed E-state index contributed by atoms with van der Waals surface area (Å²) in [7, 11) is 0. The zero-order valence-corrected chi connectivity index (χ0v) is 16.9. The van der Waals surface area contributed by atoms with Crippen molar-refractivity contribution in [2.45, 2.75) is 25.7 Å². The van der Waals surface area contributed by atoms with Crippen LogP contribution >= 0.6 is 23.2 Å². The molecule has 146 valence electrons. The molecule has 1 aromatic heterocycles. The van der Waals surface area contributed by atoms with E-state index in [1.54, 1.807) is 0 Å². The predicted molar refractivity (Wildman–Crippen MR) is 115 cm³/mol. The highest BCUT2D eigenvalue weighted by Gasteiger charge is 2.26. The van der Waals surface area contributed by atoms with Crippen LogP contribution < -0.4 is 11.1 Å². The summed E-state index contributed by atoms with van der Waals surface area (Å²) in [5.41, 5.74) is 8.24. The molecule has 1 aliphatic carbocycles. The molecular weight excluding hydrogens is 395 g/mol. The smallest absolute Gasteiger partial charge is 0.228 e. The van der Waals surface area contributed by atoms with E-state index in [1.165, 1.54) is 0 Å². The van der Waals surface area contributed by atoms with Crippen molar-refractivity contribution in [3.05, 3.63) is 46.4 Å². The molecule has 0 radical (unpaired) electrons. The van der Waals surface area contributed by atoms with Gasteiger partial charge in [-0.25, -0.2) is 0 Å². The van der Waals surface area contributed by atoms with E-state index in [-0.39, 0.29) is 11.8 Å². The molecule has 0 spiro atoms. The molecule has 3 aromatic rings. The highest BCUT2D eigenvalue weighted by atomic mass is 35.5. The van der Waals surface area contributed by atoms with E-state index in [0.29, 0.717) is 28.3 Å². The number of hydrogen-bond acceptors (Lipinski definition) is 3. The number of nitrogens with zero attached hydrogens (tertiary/aromatic N) is 1. The van der Waals surface area contributed by atoms with Gasteiger partial charge in [-0.15, -0.1) is 0 Å². The van der Waals surface area contributed by atoms with Gasteiger partial charge in [0.15, 0.2) is 5.82 Å². The summed E-state index contributed by atoms with van der Waals surface area (Å²) in [6.45, 7) is 0.700. The van der Waals surface area contributed by atoms with Gasteiger partial charge in [-0.05, 0) is 68.0 Å². The number of nitrogens with two attached hydrogens (primary N) is 1. The van der Waals surface area contributed by atoms with Crippen LogP contribution in [0.3, 0.4) is 0 Å². The molecule has 1 amide bonds. The molecule has 4 N–H and O–H groups in total. The van der Waals surface area contributed by atoms with E-state index >= 15 is 0 Å². The van der Waals surface area contributed by atoms with Gasteiger partial charge in [0.25, 0.3) is 0 Å². The number of amides is 1. The minimum atomic E-state index is 0.00995. The minimum Gasteiger partial charge on any atom is -0.330 e. The first-order chi connectivity index (χ1) is 13.6. The summed E-state index contributed by atoms with van der Waals surface area (Å²) in [5.74, 6) is 1.10. The molecule has 5 nitrogen and oxygen atoms in total. The quantitative estimate of drug-likeness (QED) is 0.543. The molecule has 1 heterocycles. The number of carbonyl (C=O) groups is 1. The number of fused-ring (bicyclic) bond motifs is 1. The van der Waals surface area contributed by atoms with Crippen molar-refractivity contribution in [1.29, 1.82) is 0 Å². The number of carbonyl (C=O) groups excluding carboxylic acids is 1. The molecule has 4 rings (SSSR count). The van der Waals surface area contributed by atoms with E-state index in [2.05, 4.69) is 15.5 Å². The van der Waals surface area contributed by atoms with Crippen LogP contribution in [-0.2, 0) is 4.79 Å². The van der Waals surface area contributed by atoms with Crippen LogP contribution in [0.2, 0.25) is 10.0 Å². The van der Waals surface area contributed by atoms with Gasteiger partial charge in [-0.2, -0.15) is 5.10 Å². The summed E-state index contributed by atoms with van der Waals surface area (Å²) in [6.07, 6.45) is 3.75.